The zero-order valence-electron chi connectivity index (χ0n) is 13.0. The third-order valence-electron chi connectivity index (χ3n) is 4.85. The molecule has 2 aliphatic heterocycles. The van der Waals surface area contributed by atoms with Gasteiger partial charge in [-0.25, -0.2) is 4.72 Å². The van der Waals surface area contributed by atoms with Gasteiger partial charge in [0, 0.05) is 25.2 Å². The van der Waals surface area contributed by atoms with E-state index >= 15 is 0 Å². The minimum Gasteiger partial charge on any atom is -0.312 e. The van der Waals surface area contributed by atoms with Crippen LogP contribution in [-0.2, 0) is 10.2 Å². The molecule has 0 aliphatic carbocycles. The number of nitrogens with one attached hydrogen (secondary N) is 2. The zero-order chi connectivity index (χ0) is 14.8. The number of rotatable bonds is 4. The van der Waals surface area contributed by atoms with Crippen LogP contribution in [0.3, 0.4) is 0 Å². The number of piperidine rings is 2. The summed E-state index contributed by atoms with van der Waals surface area (Å²) in [5.74, 6) is 0. The first-order valence-corrected chi connectivity index (χ1v) is 9.27. The quantitative estimate of drug-likeness (QED) is 0.827. The topological polar surface area (TPSA) is 61.4 Å². The third kappa shape index (κ3) is 3.72. The molecular weight excluding hydrogens is 274 g/mol. The molecule has 0 saturated carbocycles. The molecule has 0 bridgehead atoms. The highest BCUT2D eigenvalue weighted by Crippen LogP contribution is 2.30. The van der Waals surface area contributed by atoms with Gasteiger partial charge in [-0.15, -0.1) is 0 Å². The summed E-state index contributed by atoms with van der Waals surface area (Å²) in [6.45, 7) is 8.54. The monoisotopic (exact) mass is 303 g/mol. The zero-order valence-corrected chi connectivity index (χ0v) is 13.8. The van der Waals surface area contributed by atoms with Crippen molar-refractivity contribution in [3.63, 3.8) is 0 Å². The Hall–Kier alpha value is -0.170. The maximum atomic E-state index is 12.4. The molecule has 2 N–H and O–H groups in total. The fourth-order valence-corrected chi connectivity index (χ4v) is 4.81. The van der Waals surface area contributed by atoms with Crippen molar-refractivity contribution in [1.29, 1.82) is 0 Å². The molecule has 2 unspecified atom stereocenters. The fourth-order valence-electron chi connectivity index (χ4n) is 3.32. The largest absolute Gasteiger partial charge is 0.312 e. The first kappa shape index (κ1) is 16.2. The van der Waals surface area contributed by atoms with E-state index in [0.717, 1.165) is 32.2 Å². The van der Waals surface area contributed by atoms with Crippen molar-refractivity contribution < 1.29 is 8.42 Å². The predicted octanol–water partition coefficient (Wildman–Crippen LogP) is 1.47. The Balaban J connectivity index is 1.94. The third-order valence-corrected chi connectivity index (χ3v) is 6.54. The van der Waals surface area contributed by atoms with Gasteiger partial charge in [0.15, 0.2) is 0 Å². The minimum absolute atomic E-state index is 0.119. The lowest BCUT2D eigenvalue weighted by atomic mass is 9.78. The Morgan fingerprint density at radius 1 is 1.30 bits per heavy atom. The van der Waals surface area contributed by atoms with Crippen molar-refractivity contribution in [3.05, 3.63) is 0 Å². The Morgan fingerprint density at radius 3 is 2.70 bits per heavy atom. The van der Waals surface area contributed by atoms with Crippen molar-refractivity contribution in [2.24, 2.45) is 5.41 Å². The summed E-state index contributed by atoms with van der Waals surface area (Å²) < 4.78 is 29.3. The molecular formula is C14H29N3O2S. The van der Waals surface area contributed by atoms with Crippen LogP contribution in [0.5, 0.6) is 0 Å². The molecule has 2 heterocycles. The van der Waals surface area contributed by atoms with Crippen LogP contribution >= 0.6 is 0 Å². The molecule has 5 nitrogen and oxygen atoms in total. The van der Waals surface area contributed by atoms with E-state index in [2.05, 4.69) is 23.9 Å². The number of hydrogen-bond donors (Lipinski definition) is 2. The SMILES string of the molecule is CC1CCCCN1S(=O)(=O)NCC1NCCCC1(C)C. The second-order valence-corrected chi connectivity index (χ2v) is 8.62. The van der Waals surface area contributed by atoms with E-state index in [1.165, 1.54) is 6.42 Å². The highest BCUT2D eigenvalue weighted by atomic mass is 32.2. The van der Waals surface area contributed by atoms with Crippen LogP contribution in [0.15, 0.2) is 0 Å². The van der Waals surface area contributed by atoms with Gasteiger partial charge in [-0.1, -0.05) is 20.3 Å². The van der Waals surface area contributed by atoms with Gasteiger partial charge in [-0.2, -0.15) is 12.7 Å². The molecule has 0 spiro atoms. The summed E-state index contributed by atoms with van der Waals surface area (Å²) >= 11 is 0. The summed E-state index contributed by atoms with van der Waals surface area (Å²) in [6.07, 6.45) is 5.38. The van der Waals surface area contributed by atoms with Gasteiger partial charge in [0.1, 0.15) is 0 Å². The van der Waals surface area contributed by atoms with Crippen molar-refractivity contribution in [1.82, 2.24) is 14.3 Å². The van der Waals surface area contributed by atoms with Crippen molar-refractivity contribution in [3.8, 4) is 0 Å². The second-order valence-electron chi connectivity index (χ2n) is 6.91. The molecule has 2 rings (SSSR count). The lowest BCUT2D eigenvalue weighted by Crippen LogP contribution is -2.55. The van der Waals surface area contributed by atoms with Gasteiger partial charge in [0.05, 0.1) is 0 Å². The first-order chi connectivity index (χ1) is 9.33. The summed E-state index contributed by atoms with van der Waals surface area (Å²) in [5.41, 5.74) is 0.147. The molecule has 0 aromatic heterocycles. The van der Waals surface area contributed by atoms with Crippen molar-refractivity contribution in [2.75, 3.05) is 19.6 Å². The average Bonchev–Trinajstić information content (AvgIpc) is 2.37. The summed E-state index contributed by atoms with van der Waals surface area (Å²) in [4.78, 5) is 0. The minimum atomic E-state index is -3.34. The summed E-state index contributed by atoms with van der Waals surface area (Å²) in [6, 6.07) is 0.333. The molecule has 0 aromatic rings. The maximum absolute atomic E-state index is 12.4. The van der Waals surface area contributed by atoms with E-state index in [4.69, 9.17) is 0 Å². The molecule has 118 valence electrons. The van der Waals surface area contributed by atoms with E-state index in [-0.39, 0.29) is 17.5 Å². The van der Waals surface area contributed by atoms with Crippen molar-refractivity contribution in [2.45, 2.75) is 65.0 Å². The van der Waals surface area contributed by atoms with E-state index in [1.807, 2.05) is 6.92 Å². The van der Waals surface area contributed by atoms with Gasteiger partial charge >= 0.3 is 0 Å². The molecule has 0 radical (unpaired) electrons. The molecule has 2 fully saturated rings. The Bertz CT molecular complexity index is 422. The van der Waals surface area contributed by atoms with Crippen LogP contribution in [0.4, 0.5) is 0 Å². The van der Waals surface area contributed by atoms with Gasteiger partial charge in [-0.05, 0) is 44.6 Å². The van der Waals surface area contributed by atoms with Crippen LogP contribution in [0.1, 0.15) is 52.9 Å². The highest BCUT2D eigenvalue weighted by molar-refractivity contribution is 7.87. The van der Waals surface area contributed by atoms with E-state index in [9.17, 15) is 8.42 Å². The smallest absolute Gasteiger partial charge is 0.279 e. The highest BCUT2D eigenvalue weighted by Gasteiger charge is 2.34. The van der Waals surface area contributed by atoms with Crippen LogP contribution in [0, 0.1) is 5.41 Å². The van der Waals surface area contributed by atoms with Crippen LogP contribution in [-0.4, -0.2) is 44.4 Å². The Kier molecular flexibility index (Phi) is 5.10. The van der Waals surface area contributed by atoms with Gasteiger partial charge in [0.2, 0.25) is 0 Å². The molecule has 2 saturated heterocycles. The van der Waals surface area contributed by atoms with E-state index < -0.39 is 10.2 Å². The summed E-state index contributed by atoms with van der Waals surface area (Å²) in [7, 11) is -3.34. The number of nitrogens with zero attached hydrogens (tertiary/aromatic N) is 1. The van der Waals surface area contributed by atoms with Gasteiger partial charge in [0.25, 0.3) is 10.2 Å². The Labute approximate surface area is 123 Å². The van der Waals surface area contributed by atoms with Crippen LogP contribution < -0.4 is 10.0 Å². The molecule has 20 heavy (non-hydrogen) atoms. The van der Waals surface area contributed by atoms with Crippen LogP contribution in [0.2, 0.25) is 0 Å². The lowest BCUT2D eigenvalue weighted by molar-refractivity contribution is 0.180. The van der Waals surface area contributed by atoms with Gasteiger partial charge in [-0.3, -0.25) is 0 Å². The summed E-state index contributed by atoms with van der Waals surface area (Å²) in [5, 5.41) is 3.45. The first-order valence-electron chi connectivity index (χ1n) is 7.83. The molecule has 2 aliphatic rings. The lowest BCUT2D eigenvalue weighted by Gasteiger charge is -2.40. The molecule has 6 heteroatoms. The molecule has 2 atom stereocenters. The standard InChI is InChI=1S/C14H29N3O2S/c1-12-7-4-5-10-17(12)20(18,19)16-11-13-14(2,3)8-6-9-15-13/h12-13,15-16H,4-11H2,1-3H3. The fraction of sp³-hybridized carbons (Fsp3) is 1.00. The average molecular weight is 303 g/mol. The second kappa shape index (κ2) is 6.30. The van der Waals surface area contributed by atoms with E-state index in [1.54, 1.807) is 4.31 Å². The van der Waals surface area contributed by atoms with E-state index in [0.29, 0.717) is 13.1 Å². The molecule has 0 amide bonds. The van der Waals surface area contributed by atoms with Crippen LogP contribution in [0.25, 0.3) is 0 Å². The van der Waals surface area contributed by atoms with Crippen molar-refractivity contribution >= 4 is 10.2 Å². The molecule has 0 aromatic carbocycles. The maximum Gasteiger partial charge on any atom is 0.279 e. The normalized spacial score (nSPS) is 32.1. The Morgan fingerprint density at radius 2 is 2.05 bits per heavy atom. The van der Waals surface area contributed by atoms with Gasteiger partial charge < -0.3 is 5.32 Å². The number of hydrogen-bond acceptors (Lipinski definition) is 3. The predicted molar refractivity (Wildman–Crippen MR) is 81.7 cm³/mol.